The van der Waals surface area contributed by atoms with E-state index in [1.54, 1.807) is 0 Å². The number of benzene rings is 1. The van der Waals surface area contributed by atoms with Crippen LogP contribution in [-0.2, 0) is 15.0 Å². The monoisotopic (exact) mass is 395 g/mol. The van der Waals surface area contributed by atoms with Crippen molar-refractivity contribution in [3.8, 4) is 0 Å². The Morgan fingerprint density at radius 1 is 1.04 bits per heavy atom. The van der Waals surface area contributed by atoms with E-state index in [1.165, 1.54) is 31.2 Å². The van der Waals surface area contributed by atoms with Crippen LogP contribution in [0.25, 0.3) is 0 Å². The topological polar surface area (TPSA) is 84.2 Å². The highest BCUT2D eigenvalue weighted by molar-refractivity contribution is 5.87. The molecule has 0 aromatic heterocycles. The van der Waals surface area contributed by atoms with E-state index in [1.807, 2.05) is 19.9 Å². The predicted molar refractivity (Wildman–Crippen MR) is 112 cm³/mol. The van der Waals surface area contributed by atoms with Gasteiger partial charge >= 0.3 is 0 Å². The van der Waals surface area contributed by atoms with Crippen molar-refractivity contribution in [3.63, 3.8) is 0 Å². The van der Waals surface area contributed by atoms with Crippen LogP contribution in [0.3, 0.4) is 0 Å². The maximum atomic E-state index is 12.3. The summed E-state index contributed by atoms with van der Waals surface area (Å²) in [6, 6.07) is 9.91. The van der Waals surface area contributed by atoms with Gasteiger partial charge in [0.25, 0.3) is 0 Å². The van der Waals surface area contributed by atoms with Crippen LogP contribution < -0.4 is 16.4 Å². The molecule has 27 heavy (non-hydrogen) atoms. The van der Waals surface area contributed by atoms with Crippen molar-refractivity contribution in [1.82, 2.24) is 10.6 Å². The molecule has 4 N–H and O–H groups in total. The van der Waals surface area contributed by atoms with Crippen LogP contribution in [-0.4, -0.2) is 30.9 Å². The molecule has 1 aliphatic rings. The van der Waals surface area contributed by atoms with Gasteiger partial charge in [-0.15, -0.1) is 12.4 Å². The average molecular weight is 396 g/mol. The third kappa shape index (κ3) is 6.82. The van der Waals surface area contributed by atoms with E-state index in [9.17, 15) is 9.59 Å². The lowest BCUT2D eigenvalue weighted by molar-refractivity contribution is -0.127. The number of nitrogens with two attached hydrogens (primary N) is 1. The van der Waals surface area contributed by atoms with Gasteiger partial charge in [-0.1, -0.05) is 69.9 Å². The highest BCUT2D eigenvalue weighted by Crippen LogP contribution is 2.37. The first-order valence-corrected chi connectivity index (χ1v) is 9.80. The van der Waals surface area contributed by atoms with Gasteiger partial charge in [0.2, 0.25) is 11.8 Å². The van der Waals surface area contributed by atoms with Crippen molar-refractivity contribution in [3.05, 3.63) is 35.9 Å². The van der Waals surface area contributed by atoms with Crippen molar-refractivity contribution in [2.24, 2.45) is 11.7 Å². The van der Waals surface area contributed by atoms with Gasteiger partial charge in [-0.25, -0.2) is 0 Å². The Morgan fingerprint density at radius 3 is 2.19 bits per heavy atom. The lowest BCUT2D eigenvalue weighted by atomic mass is 9.74. The van der Waals surface area contributed by atoms with Crippen LogP contribution in [0.2, 0.25) is 0 Å². The standard InChI is InChI=1S/C21H33N3O2.ClH/c1-16(2)19(22)20(26)23-14-18(25)24-15-21(12-8-3-4-9-13-21)17-10-6-5-7-11-17;/h5-7,10-11,16,19H,3-4,8-9,12-15,22H2,1-2H3,(H,23,26)(H,24,25);1H/t19-;/m0./s1. The van der Waals surface area contributed by atoms with Gasteiger partial charge in [-0.2, -0.15) is 0 Å². The SMILES string of the molecule is CC(C)[C@H](N)C(=O)NCC(=O)NCC1(c2ccccc2)CCCCCC1.Cl. The maximum absolute atomic E-state index is 12.3. The Bertz CT molecular complexity index is 584. The largest absolute Gasteiger partial charge is 0.354 e. The molecular formula is C21H34ClN3O2. The van der Waals surface area contributed by atoms with Gasteiger partial charge in [-0.05, 0) is 24.3 Å². The first-order valence-electron chi connectivity index (χ1n) is 9.80. The molecule has 0 unspecified atom stereocenters. The van der Waals surface area contributed by atoms with E-state index in [4.69, 9.17) is 5.73 Å². The van der Waals surface area contributed by atoms with Gasteiger partial charge in [0.15, 0.2) is 0 Å². The molecule has 1 aromatic carbocycles. The summed E-state index contributed by atoms with van der Waals surface area (Å²) in [5, 5.41) is 5.69. The number of amides is 2. The van der Waals surface area contributed by atoms with Gasteiger partial charge < -0.3 is 16.4 Å². The number of nitrogens with one attached hydrogen (secondary N) is 2. The van der Waals surface area contributed by atoms with Gasteiger partial charge in [0.05, 0.1) is 12.6 Å². The van der Waals surface area contributed by atoms with Crippen molar-refractivity contribution in [1.29, 1.82) is 0 Å². The summed E-state index contributed by atoms with van der Waals surface area (Å²) in [5.74, 6) is -0.387. The highest BCUT2D eigenvalue weighted by Gasteiger charge is 2.33. The van der Waals surface area contributed by atoms with E-state index in [-0.39, 0.29) is 42.1 Å². The lowest BCUT2D eigenvalue weighted by Crippen LogP contribution is -2.48. The Balaban J connectivity index is 0.00000364. The lowest BCUT2D eigenvalue weighted by Gasteiger charge is -2.34. The molecule has 0 heterocycles. The summed E-state index contributed by atoms with van der Waals surface area (Å²) >= 11 is 0. The van der Waals surface area contributed by atoms with E-state index >= 15 is 0 Å². The summed E-state index contributed by atoms with van der Waals surface area (Å²) in [5.41, 5.74) is 7.10. The Morgan fingerprint density at radius 2 is 1.63 bits per heavy atom. The summed E-state index contributed by atoms with van der Waals surface area (Å²) in [6.45, 7) is 4.37. The van der Waals surface area contributed by atoms with E-state index < -0.39 is 6.04 Å². The molecule has 6 heteroatoms. The number of hydrogen-bond acceptors (Lipinski definition) is 3. The molecule has 1 aromatic rings. The van der Waals surface area contributed by atoms with Gasteiger partial charge in [-0.3, -0.25) is 9.59 Å². The van der Waals surface area contributed by atoms with Crippen molar-refractivity contribution < 1.29 is 9.59 Å². The number of halogens is 1. The fourth-order valence-electron chi connectivity index (χ4n) is 3.68. The zero-order valence-corrected chi connectivity index (χ0v) is 17.3. The molecule has 0 bridgehead atoms. The zero-order chi connectivity index (χ0) is 19.0. The number of carbonyl (C=O) groups excluding carboxylic acids is 2. The minimum atomic E-state index is -0.583. The van der Waals surface area contributed by atoms with Crippen molar-refractivity contribution in [2.75, 3.05) is 13.1 Å². The average Bonchev–Trinajstić information content (AvgIpc) is 2.91. The zero-order valence-electron chi connectivity index (χ0n) is 16.5. The molecule has 5 nitrogen and oxygen atoms in total. The molecular weight excluding hydrogens is 362 g/mol. The molecule has 152 valence electrons. The molecule has 0 aliphatic heterocycles. The number of carbonyl (C=O) groups is 2. The summed E-state index contributed by atoms with van der Waals surface area (Å²) in [6.07, 6.45) is 7.05. The summed E-state index contributed by atoms with van der Waals surface area (Å²) in [4.78, 5) is 24.2. The normalized spacial score (nSPS) is 17.3. The molecule has 2 amide bonds. The first kappa shape index (κ1) is 23.4. The van der Waals surface area contributed by atoms with Crippen LogP contribution >= 0.6 is 12.4 Å². The van der Waals surface area contributed by atoms with Crippen LogP contribution in [0, 0.1) is 5.92 Å². The highest BCUT2D eigenvalue weighted by atomic mass is 35.5. The third-order valence-corrected chi connectivity index (χ3v) is 5.51. The molecule has 2 rings (SSSR count). The Labute approximate surface area is 169 Å². The maximum Gasteiger partial charge on any atom is 0.239 e. The van der Waals surface area contributed by atoms with E-state index in [0.29, 0.717) is 6.54 Å². The van der Waals surface area contributed by atoms with Crippen molar-refractivity contribution >= 4 is 24.2 Å². The minimum absolute atomic E-state index is 0. The smallest absolute Gasteiger partial charge is 0.239 e. The second-order valence-corrected chi connectivity index (χ2v) is 7.82. The van der Waals surface area contributed by atoms with Crippen LogP contribution in [0.15, 0.2) is 30.3 Å². The van der Waals surface area contributed by atoms with Crippen LogP contribution in [0.5, 0.6) is 0 Å². The third-order valence-electron chi connectivity index (χ3n) is 5.51. The minimum Gasteiger partial charge on any atom is -0.354 e. The van der Waals surface area contributed by atoms with E-state index in [0.717, 1.165) is 12.8 Å². The predicted octanol–water partition coefficient (Wildman–Crippen LogP) is 2.92. The molecule has 1 atom stereocenters. The Kier molecular flexibility index (Phi) is 9.81. The van der Waals surface area contributed by atoms with Crippen LogP contribution in [0.1, 0.15) is 57.9 Å². The van der Waals surface area contributed by atoms with Crippen molar-refractivity contribution in [2.45, 2.75) is 63.8 Å². The summed E-state index contributed by atoms with van der Waals surface area (Å²) in [7, 11) is 0. The Hall–Kier alpha value is -1.59. The molecule has 1 aliphatic carbocycles. The number of hydrogen-bond donors (Lipinski definition) is 3. The summed E-state index contributed by atoms with van der Waals surface area (Å²) < 4.78 is 0. The van der Waals surface area contributed by atoms with E-state index in [2.05, 4.69) is 34.9 Å². The number of rotatable bonds is 7. The molecule has 0 radical (unpaired) electrons. The fraction of sp³-hybridized carbons (Fsp3) is 0.619. The second-order valence-electron chi connectivity index (χ2n) is 7.82. The quantitative estimate of drug-likeness (QED) is 0.620. The molecule has 1 fully saturated rings. The van der Waals surface area contributed by atoms with Gasteiger partial charge in [0.1, 0.15) is 0 Å². The molecule has 1 saturated carbocycles. The fourth-order valence-corrected chi connectivity index (χ4v) is 3.68. The van der Waals surface area contributed by atoms with Gasteiger partial charge in [0, 0.05) is 12.0 Å². The second kappa shape index (κ2) is 11.3. The molecule has 0 spiro atoms. The molecule has 0 saturated heterocycles. The van der Waals surface area contributed by atoms with Crippen LogP contribution in [0.4, 0.5) is 0 Å². The first-order chi connectivity index (χ1) is 12.4.